The van der Waals surface area contributed by atoms with Crippen molar-refractivity contribution in [2.45, 2.75) is 19.9 Å². The van der Waals surface area contributed by atoms with Crippen molar-refractivity contribution in [2.24, 2.45) is 0 Å². The number of amides is 1. The van der Waals surface area contributed by atoms with Crippen molar-refractivity contribution in [3.8, 4) is 11.5 Å². The average Bonchev–Trinajstić information content (AvgIpc) is 3.37. The van der Waals surface area contributed by atoms with E-state index in [4.69, 9.17) is 25.5 Å². The van der Waals surface area contributed by atoms with Gasteiger partial charge in [-0.1, -0.05) is 29.0 Å². The Kier molecular flexibility index (Phi) is 5.93. The monoisotopic (exact) mass is 526 g/mol. The Labute approximate surface area is 213 Å². The van der Waals surface area contributed by atoms with Crippen LogP contribution >= 0.6 is 22.9 Å². The molecule has 1 amide bonds. The fourth-order valence-electron chi connectivity index (χ4n) is 4.19. The zero-order valence-electron chi connectivity index (χ0n) is 19.3. The summed E-state index contributed by atoms with van der Waals surface area (Å²) in [5.41, 5.74) is 0.725. The van der Waals surface area contributed by atoms with E-state index >= 15 is 0 Å². The summed E-state index contributed by atoms with van der Waals surface area (Å²) in [7, 11) is 1.39. The first-order valence-corrected chi connectivity index (χ1v) is 12.1. The summed E-state index contributed by atoms with van der Waals surface area (Å²) in [4.78, 5) is 45.9. The molecule has 1 N–H and O–H groups in total. The van der Waals surface area contributed by atoms with E-state index in [1.54, 1.807) is 26.0 Å². The lowest BCUT2D eigenvalue weighted by atomic mass is 9.98. The molecule has 9 nitrogen and oxygen atoms in total. The number of phenols is 1. The highest BCUT2D eigenvalue weighted by atomic mass is 35.5. The number of fused-ring (bicyclic) bond motifs is 2. The highest BCUT2D eigenvalue weighted by Gasteiger charge is 2.45. The molecule has 1 unspecified atom stereocenters. The first-order chi connectivity index (χ1) is 17.2. The van der Waals surface area contributed by atoms with E-state index in [9.17, 15) is 19.5 Å². The van der Waals surface area contributed by atoms with Crippen molar-refractivity contribution < 1.29 is 28.6 Å². The minimum atomic E-state index is -0.970. The molecule has 0 saturated carbocycles. The number of halogens is 1. The van der Waals surface area contributed by atoms with Gasteiger partial charge in [-0.15, -0.1) is 0 Å². The molecule has 0 aliphatic carbocycles. The van der Waals surface area contributed by atoms with Crippen molar-refractivity contribution >= 4 is 50.9 Å². The molecule has 0 radical (unpaired) electrons. The standard InChI is InChI=1S/C25H19ClN2O7S/c1-4-34-24(32)22-11(2)27-25(36-22)28-19(12-5-7-15(29)17(9-12)33-3)18-20(30)14-10-13(26)6-8-16(14)35-21(18)23(28)31/h5-10,19,29H,4H2,1-3H3. The second-order valence-corrected chi connectivity index (χ2v) is 9.37. The molecule has 4 aromatic rings. The predicted octanol–water partition coefficient (Wildman–Crippen LogP) is 4.85. The zero-order valence-corrected chi connectivity index (χ0v) is 20.9. The highest BCUT2D eigenvalue weighted by molar-refractivity contribution is 7.17. The molecule has 1 aliphatic heterocycles. The van der Waals surface area contributed by atoms with Crippen LogP contribution in [0, 0.1) is 6.92 Å². The number of nitrogens with zero attached hydrogens (tertiary/aromatic N) is 2. The first-order valence-electron chi connectivity index (χ1n) is 10.9. The van der Waals surface area contributed by atoms with Gasteiger partial charge >= 0.3 is 5.97 Å². The number of thiazole rings is 1. The SMILES string of the molecule is CCOC(=O)c1sc(N2C(=O)c3oc4ccc(Cl)cc4c(=O)c3C2c2ccc(O)c(OC)c2)nc1C. The number of rotatable bonds is 5. The smallest absolute Gasteiger partial charge is 0.350 e. The van der Waals surface area contributed by atoms with Gasteiger partial charge in [-0.3, -0.25) is 14.5 Å². The number of aryl methyl sites for hydroxylation is 1. The van der Waals surface area contributed by atoms with E-state index in [0.717, 1.165) is 11.3 Å². The minimum absolute atomic E-state index is 0.0908. The topological polar surface area (TPSA) is 119 Å². The Morgan fingerprint density at radius 1 is 1.25 bits per heavy atom. The largest absolute Gasteiger partial charge is 0.504 e. The second kappa shape index (κ2) is 8.96. The third-order valence-electron chi connectivity index (χ3n) is 5.80. The Bertz CT molecular complexity index is 1610. The van der Waals surface area contributed by atoms with Crippen LogP contribution in [0.3, 0.4) is 0 Å². The molecular formula is C25H19ClN2O7S. The quantitative estimate of drug-likeness (QED) is 0.366. The van der Waals surface area contributed by atoms with Crippen molar-refractivity contribution in [1.82, 2.24) is 4.98 Å². The van der Waals surface area contributed by atoms with E-state index in [1.807, 2.05) is 0 Å². The molecule has 0 saturated heterocycles. The van der Waals surface area contributed by atoms with Crippen LogP contribution in [-0.2, 0) is 4.74 Å². The van der Waals surface area contributed by atoms with E-state index in [-0.39, 0.29) is 50.4 Å². The maximum absolute atomic E-state index is 13.7. The third-order valence-corrected chi connectivity index (χ3v) is 7.18. The number of hydrogen-bond donors (Lipinski definition) is 1. The lowest BCUT2D eigenvalue weighted by molar-refractivity contribution is 0.0531. The van der Waals surface area contributed by atoms with E-state index in [0.29, 0.717) is 16.3 Å². The second-order valence-electron chi connectivity index (χ2n) is 7.95. The molecule has 1 aliphatic rings. The van der Waals surface area contributed by atoms with Gasteiger partial charge < -0.3 is 19.0 Å². The molecule has 0 spiro atoms. The van der Waals surface area contributed by atoms with Crippen LogP contribution in [-0.4, -0.2) is 35.7 Å². The van der Waals surface area contributed by atoms with Gasteiger partial charge in [0.15, 0.2) is 22.1 Å². The van der Waals surface area contributed by atoms with Crippen LogP contribution in [0.2, 0.25) is 5.02 Å². The summed E-state index contributed by atoms with van der Waals surface area (Å²) in [5.74, 6) is -1.24. The van der Waals surface area contributed by atoms with Crippen LogP contribution in [0.25, 0.3) is 11.0 Å². The van der Waals surface area contributed by atoms with Gasteiger partial charge in [-0.2, -0.15) is 0 Å². The molecule has 0 bridgehead atoms. The molecular weight excluding hydrogens is 508 g/mol. The number of carbonyl (C=O) groups excluding carboxylic acids is 2. The number of hydrogen-bond acceptors (Lipinski definition) is 9. The van der Waals surface area contributed by atoms with Crippen LogP contribution in [0.5, 0.6) is 11.5 Å². The lowest BCUT2D eigenvalue weighted by Crippen LogP contribution is -2.29. The molecule has 5 rings (SSSR count). The van der Waals surface area contributed by atoms with Crippen molar-refractivity contribution in [2.75, 3.05) is 18.6 Å². The highest BCUT2D eigenvalue weighted by Crippen LogP contribution is 2.44. The number of ether oxygens (including phenoxy) is 2. The van der Waals surface area contributed by atoms with Gasteiger partial charge in [0.05, 0.1) is 36.4 Å². The van der Waals surface area contributed by atoms with Gasteiger partial charge in [0, 0.05) is 5.02 Å². The van der Waals surface area contributed by atoms with Crippen LogP contribution in [0.4, 0.5) is 5.13 Å². The summed E-state index contributed by atoms with van der Waals surface area (Å²) in [6.45, 7) is 3.51. The summed E-state index contributed by atoms with van der Waals surface area (Å²) in [6, 6.07) is 8.12. The zero-order chi connectivity index (χ0) is 25.7. The normalized spacial score (nSPS) is 14.8. The maximum Gasteiger partial charge on any atom is 0.350 e. The van der Waals surface area contributed by atoms with E-state index < -0.39 is 23.3 Å². The molecule has 2 aromatic heterocycles. The molecule has 11 heteroatoms. The fourth-order valence-corrected chi connectivity index (χ4v) is 5.35. The molecule has 184 valence electrons. The Morgan fingerprint density at radius 2 is 2.03 bits per heavy atom. The number of aromatic nitrogens is 1. The Hall–Kier alpha value is -3.89. The van der Waals surface area contributed by atoms with Gasteiger partial charge in [0.2, 0.25) is 5.76 Å². The van der Waals surface area contributed by atoms with E-state index in [1.165, 1.54) is 36.3 Å². The van der Waals surface area contributed by atoms with Crippen molar-refractivity contribution in [1.29, 1.82) is 0 Å². The summed E-state index contributed by atoms with van der Waals surface area (Å²) >= 11 is 7.10. The lowest BCUT2D eigenvalue weighted by Gasteiger charge is -2.23. The number of aromatic hydroxyl groups is 1. The van der Waals surface area contributed by atoms with Crippen LogP contribution in [0.15, 0.2) is 45.6 Å². The summed E-state index contributed by atoms with van der Waals surface area (Å²) in [5, 5.41) is 10.9. The third kappa shape index (κ3) is 3.69. The van der Waals surface area contributed by atoms with Crippen molar-refractivity contribution in [3.05, 3.63) is 79.1 Å². The van der Waals surface area contributed by atoms with Gasteiger partial charge in [-0.25, -0.2) is 9.78 Å². The minimum Gasteiger partial charge on any atom is -0.504 e. The van der Waals surface area contributed by atoms with Gasteiger partial charge in [0.1, 0.15) is 10.5 Å². The maximum atomic E-state index is 13.7. The molecule has 1 atom stereocenters. The summed E-state index contributed by atoms with van der Waals surface area (Å²) in [6.07, 6.45) is 0. The Balaban J connectivity index is 1.77. The molecule has 2 aromatic carbocycles. The average molecular weight is 527 g/mol. The van der Waals surface area contributed by atoms with Gasteiger partial charge in [0.25, 0.3) is 5.91 Å². The number of esters is 1. The number of carbonyl (C=O) groups is 2. The van der Waals surface area contributed by atoms with E-state index in [2.05, 4.69) is 4.98 Å². The summed E-state index contributed by atoms with van der Waals surface area (Å²) < 4.78 is 16.3. The number of methoxy groups -OCH3 is 1. The molecule has 36 heavy (non-hydrogen) atoms. The van der Waals surface area contributed by atoms with Crippen molar-refractivity contribution in [3.63, 3.8) is 0 Å². The molecule has 0 fully saturated rings. The number of benzene rings is 2. The van der Waals surface area contributed by atoms with Gasteiger partial charge in [-0.05, 0) is 49.7 Å². The molecule has 3 heterocycles. The fraction of sp³-hybridized carbons (Fsp3) is 0.200. The number of anilines is 1. The predicted molar refractivity (Wildman–Crippen MR) is 134 cm³/mol. The Morgan fingerprint density at radius 3 is 2.75 bits per heavy atom. The number of phenolic OH excluding ortho intramolecular Hbond substituents is 1. The van der Waals surface area contributed by atoms with Crippen LogP contribution in [0.1, 0.15) is 50.0 Å². The first kappa shape index (κ1) is 23.8. The van der Waals surface area contributed by atoms with Crippen LogP contribution < -0.4 is 15.1 Å².